The zero-order valence-corrected chi connectivity index (χ0v) is 12.6. The number of oxazole rings is 1. The van der Waals surface area contributed by atoms with Crippen molar-refractivity contribution in [2.45, 2.75) is 6.17 Å². The van der Waals surface area contributed by atoms with Gasteiger partial charge in [0.2, 0.25) is 0 Å². The van der Waals surface area contributed by atoms with Gasteiger partial charge in [0.1, 0.15) is 6.17 Å². The van der Waals surface area contributed by atoms with Crippen molar-refractivity contribution >= 4 is 11.6 Å². The normalized spacial score (nSPS) is 16.8. The number of aromatic nitrogens is 1. The summed E-state index contributed by atoms with van der Waals surface area (Å²) in [6, 6.07) is 15.6. The van der Waals surface area contributed by atoms with Gasteiger partial charge in [0, 0.05) is 18.3 Å². The molecule has 0 fully saturated rings. The molecule has 1 atom stereocenters. The minimum Gasteiger partial charge on any atom is -0.444 e. The van der Waals surface area contributed by atoms with Crippen molar-refractivity contribution in [3.05, 3.63) is 72.2 Å². The second kappa shape index (κ2) is 5.28. The van der Waals surface area contributed by atoms with E-state index in [4.69, 9.17) is 4.42 Å². The summed E-state index contributed by atoms with van der Waals surface area (Å²) >= 11 is 0. The third-order valence-corrected chi connectivity index (χ3v) is 4.08. The molecule has 5 nitrogen and oxygen atoms in total. The van der Waals surface area contributed by atoms with Crippen LogP contribution in [0.1, 0.15) is 22.1 Å². The van der Waals surface area contributed by atoms with Crippen LogP contribution in [-0.2, 0) is 0 Å². The maximum atomic E-state index is 12.8. The van der Waals surface area contributed by atoms with Gasteiger partial charge in [-0.3, -0.25) is 4.79 Å². The summed E-state index contributed by atoms with van der Waals surface area (Å²) in [6.07, 6.45) is 2.85. The van der Waals surface area contributed by atoms with Crippen LogP contribution in [0.5, 0.6) is 0 Å². The first-order chi connectivity index (χ1) is 11.2. The van der Waals surface area contributed by atoms with Crippen molar-refractivity contribution in [2.75, 3.05) is 12.4 Å². The van der Waals surface area contributed by atoms with E-state index in [1.807, 2.05) is 48.5 Å². The fourth-order valence-electron chi connectivity index (χ4n) is 2.85. The van der Waals surface area contributed by atoms with E-state index in [1.165, 1.54) is 6.39 Å². The van der Waals surface area contributed by atoms with Crippen molar-refractivity contribution < 1.29 is 9.21 Å². The standard InChI is InChI=1S/C18H15N3O2/c1-21-17(12-5-3-2-4-6-12)20-15-8-7-13(9-14(15)18(21)22)16-10-19-11-23-16/h2-11,17,20H,1H3. The SMILES string of the molecule is CN1C(=O)c2cc(-c3cnco3)ccc2NC1c1ccccc1. The molecule has 0 aliphatic carbocycles. The van der Waals surface area contributed by atoms with E-state index in [0.29, 0.717) is 11.3 Å². The fraction of sp³-hybridized carbons (Fsp3) is 0.111. The number of carbonyl (C=O) groups is 1. The highest BCUT2D eigenvalue weighted by molar-refractivity contribution is 6.02. The number of amides is 1. The third kappa shape index (κ3) is 2.26. The van der Waals surface area contributed by atoms with Crippen molar-refractivity contribution in [1.29, 1.82) is 0 Å². The minimum absolute atomic E-state index is 0.0195. The third-order valence-electron chi connectivity index (χ3n) is 4.08. The highest BCUT2D eigenvalue weighted by Gasteiger charge is 2.30. The van der Waals surface area contributed by atoms with E-state index >= 15 is 0 Å². The van der Waals surface area contributed by atoms with Gasteiger partial charge in [-0.25, -0.2) is 4.98 Å². The number of benzene rings is 2. The molecule has 1 unspecified atom stereocenters. The molecular formula is C18H15N3O2. The largest absolute Gasteiger partial charge is 0.444 e. The van der Waals surface area contributed by atoms with E-state index in [1.54, 1.807) is 18.1 Å². The first-order valence-electron chi connectivity index (χ1n) is 7.35. The lowest BCUT2D eigenvalue weighted by Gasteiger charge is -2.35. The Kier molecular flexibility index (Phi) is 3.12. The summed E-state index contributed by atoms with van der Waals surface area (Å²) in [6.45, 7) is 0. The molecule has 1 amide bonds. The van der Waals surface area contributed by atoms with Gasteiger partial charge in [-0.15, -0.1) is 0 Å². The monoisotopic (exact) mass is 305 g/mol. The van der Waals surface area contributed by atoms with E-state index in [0.717, 1.165) is 16.8 Å². The Hall–Kier alpha value is -3.08. The molecule has 0 radical (unpaired) electrons. The van der Waals surface area contributed by atoms with E-state index in [-0.39, 0.29) is 12.1 Å². The zero-order chi connectivity index (χ0) is 15.8. The molecule has 0 saturated heterocycles. The summed E-state index contributed by atoms with van der Waals surface area (Å²) in [7, 11) is 1.80. The lowest BCUT2D eigenvalue weighted by molar-refractivity contribution is 0.0735. The lowest BCUT2D eigenvalue weighted by Crippen LogP contribution is -2.40. The van der Waals surface area contributed by atoms with Crippen molar-refractivity contribution in [1.82, 2.24) is 9.88 Å². The Bertz CT molecular complexity index is 844. The summed E-state index contributed by atoms with van der Waals surface area (Å²) in [5.41, 5.74) is 3.34. The molecule has 23 heavy (non-hydrogen) atoms. The minimum atomic E-state index is -0.174. The summed E-state index contributed by atoms with van der Waals surface area (Å²) in [5.74, 6) is 0.627. The first-order valence-corrected chi connectivity index (χ1v) is 7.35. The summed E-state index contributed by atoms with van der Waals surface area (Å²) < 4.78 is 5.31. The number of hydrogen-bond donors (Lipinski definition) is 1. The van der Waals surface area contributed by atoms with Crippen molar-refractivity contribution in [3.8, 4) is 11.3 Å². The van der Waals surface area contributed by atoms with Crippen LogP contribution in [0.3, 0.4) is 0 Å². The second-order valence-corrected chi connectivity index (χ2v) is 5.50. The van der Waals surface area contributed by atoms with E-state index < -0.39 is 0 Å². The predicted molar refractivity (Wildman–Crippen MR) is 86.8 cm³/mol. The van der Waals surface area contributed by atoms with E-state index in [2.05, 4.69) is 10.3 Å². The molecule has 1 aromatic heterocycles. The number of rotatable bonds is 2. The Morgan fingerprint density at radius 2 is 2.00 bits per heavy atom. The van der Waals surface area contributed by atoms with Crippen LogP contribution < -0.4 is 5.32 Å². The van der Waals surface area contributed by atoms with Crippen LogP contribution in [0.4, 0.5) is 5.69 Å². The number of anilines is 1. The average molecular weight is 305 g/mol. The molecule has 0 saturated carbocycles. The highest BCUT2D eigenvalue weighted by Crippen LogP contribution is 2.34. The molecule has 1 N–H and O–H groups in total. The average Bonchev–Trinajstić information content (AvgIpc) is 3.13. The van der Waals surface area contributed by atoms with Gasteiger partial charge >= 0.3 is 0 Å². The topological polar surface area (TPSA) is 58.4 Å². The Morgan fingerprint density at radius 3 is 2.74 bits per heavy atom. The van der Waals surface area contributed by atoms with Crippen LogP contribution in [0.15, 0.2) is 65.5 Å². The molecule has 1 aliphatic rings. The summed E-state index contributed by atoms with van der Waals surface area (Å²) in [5, 5.41) is 3.42. The second-order valence-electron chi connectivity index (χ2n) is 5.50. The fourth-order valence-corrected chi connectivity index (χ4v) is 2.85. The highest BCUT2D eigenvalue weighted by atomic mass is 16.3. The molecule has 5 heteroatoms. The van der Waals surface area contributed by atoms with E-state index in [9.17, 15) is 4.79 Å². The molecule has 3 aromatic rings. The molecule has 4 rings (SSSR count). The predicted octanol–water partition coefficient (Wildman–Crippen LogP) is 3.54. The summed E-state index contributed by atoms with van der Waals surface area (Å²) in [4.78, 5) is 18.4. The first kappa shape index (κ1) is 13.6. The van der Waals surface area contributed by atoms with Crippen LogP contribution in [-0.4, -0.2) is 22.8 Å². The van der Waals surface area contributed by atoms with Crippen LogP contribution >= 0.6 is 0 Å². The number of hydrogen-bond acceptors (Lipinski definition) is 4. The van der Waals surface area contributed by atoms with Crippen LogP contribution in [0, 0.1) is 0 Å². The van der Waals surface area contributed by atoms with Gasteiger partial charge in [0.15, 0.2) is 12.2 Å². The van der Waals surface area contributed by atoms with Gasteiger partial charge < -0.3 is 14.6 Å². The van der Waals surface area contributed by atoms with Gasteiger partial charge in [-0.1, -0.05) is 30.3 Å². The van der Waals surface area contributed by atoms with Gasteiger partial charge in [0.25, 0.3) is 5.91 Å². The Balaban J connectivity index is 1.74. The lowest BCUT2D eigenvalue weighted by atomic mass is 10.0. The van der Waals surface area contributed by atoms with Crippen LogP contribution in [0.2, 0.25) is 0 Å². The molecule has 1 aliphatic heterocycles. The number of nitrogens with zero attached hydrogens (tertiary/aromatic N) is 2. The number of fused-ring (bicyclic) bond motifs is 1. The Morgan fingerprint density at radius 1 is 1.17 bits per heavy atom. The quantitative estimate of drug-likeness (QED) is 0.787. The molecule has 2 heterocycles. The zero-order valence-electron chi connectivity index (χ0n) is 12.6. The van der Waals surface area contributed by atoms with Crippen molar-refractivity contribution in [2.24, 2.45) is 0 Å². The smallest absolute Gasteiger partial charge is 0.257 e. The van der Waals surface area contributed by atoms with Gasteiger partial charge in [-0.05, 0) is 23.8 Å². The molecule has 114 valence electrons. The Labute approximate surface area is 133 Å². The van der Waals surface area contributed by atoms with Crippen molar-refractivity contribution in [3.63, 3.8) is 0 Å². The van der Waals surface area contributed by atoms with Crippen LogP contribution in [0.25, 0.3) is 11.3 Å². The number of nitrogens with one attached hydrogen (secondary N) is 1. The van der Waals surface area contributed by atoms with Gasteiger partial charge in [-0.2, -0.15) is 0 Å². The maximum absolute atomic E-state index is 12.8. The molecule has 0 bridgehead atoms. The maximum Gasteiger partial charge on any atom is 0.257 e. The van der Waals surface area contributed by atoms with Gasteiger partial charge in [0.05, 0.1) is 11.8 Å². The molecule has 2 aromatic carbocycles. The molecular weight excluding hydrogens is 290 g/mol. The number of carbonyl (C=O) groups excluding carboxylic acids is 1. The molecule has 0 spiro atoms.